The molecule has 3 aromatic rings. The SMILES string of the molecule is COc1ccc(Oc2ccc3nc(O)c(C(C)=O)c(O)c3c2)cc1. The van der Waals surface area contributed by atoms with E-state index in [-0.39, 0.29) is 11.3 Å². The van der Waals surface area contributed by atoms with Gasteiger partial charge in [-0.2, -0.15) is 0 Å². The number of pyridine rings is 1. The number of benzene rings is 2. The number of aromatic nitrogens is 1. The number of methoxy groups -OCH3 is 1. The second kappa shape index (κ2) is 6.08. The first-order valence-corrected chi connectivity index (χ1v) is 7.18. The maximum absolute atomic E-state index is 11.6. The molecule has 122 valence electrons. The molecular formula is C18H15NO5. The van der Waals surface area contributed by atoms with Gasteiger partial charge in [-0.05, 0) is 49.4 Å². The third kappa shape index (κ3) is 2.81. The largest absolute Gasteiger partial charge is 0.506 e. The van der Waals surface area contributed by atoms with Crippen LogP contribution in [0, 0.1) is 0 Å². The Bertz CT molecular complexity index is 919. The lowest BCUT2D eigenvalue weighted by atomic mass is 10.1. The summed E-state index contributed by atoms with van der Waals surface area (Å²) in [7, 11) is 1.58. The van der Waals surface area contributed by atoms with Crippen molar-refractivity contribution in [2.75, 3.05) is 7.11 Å². The van der Waals surface area contributed by atoms with Crippen molar-refractivity contribution in [2.45, 2.75) is 6.92 Å². The number of aromatic hydroxyl groups is 2. The van der Waals surface area contributed by atoms with Crippen LogP contribution in [0.15, 0.2) is 42.5 Å². The minimum atomic E-state index is -0.490. The molecule has 0 radical (unpaired) electrons. The van der Waals surface area contributed by atoms with Gasteiger partial charge in [0.1, 0.15) is 28.6 Å². The predicted molar refractivity (Wildman–Crippen MR) is 88.1 cm³/mol. The summed E-state index contributed by atoms with van der Waals surface area (Å²) < 4.78 is 10.8. The standard InChI is InChI=1S/C18H15NO5/c1-10(20)16-17(21)14-9-13(7-8-15(14)19-18(16)22)24-12-5-3-11(23-2)4-6-12/h3-9H,1-2H3,(H2,19,21,22). The van der Waals surface area contributed by atoms with Gasteiger partial charge in [0, 0.05) is 5.39 Å². The molecule has 2 N–H and O–H groups in total. The Labute approximate surface area is 137 Å². The Morgan fingerprint density at radius 3 is 2.25 bits per heavy atom. The zero-order valence-corrected chi connectivity index (χ0v) is 13.1. The van der Waals surface area contributed by atoms with Crippen molar-refractivity contribution in [3.63, 3.8) is 0 Å². The van der Waals surface area contributed by atoms with Crippen molar-refractivity contribution >= 4 is 16.7 Å². The Morgan fingerprint density at radius 2 is 1.62 bits per heavy atom. The van der Waals surface area contributed by atoms with E-state index in [0.717, 1.165) is 0 Å². The summed E-state index contributed by atoms with van der Waals surface area (Å²) in [4.78, 5) is 15.5. The van der Waals surface area contributed by atoms with Crippen LogP contribution in [0.3, 0.4) is 0 Å². The third-order valence-electron chi connectivity index (χ3n) is 3.56. The van der Waals surface area contributed by atoms with Crippen molar-refractivity contribution in [1.82, 2.24) is 4.98 Å². The number of ether oxygens (including phenoxy) is 2. The first-order chi connectivity index (χ1) is 11.5. The van der Waals surface area contributed by atoms with E-state index >= 15 is 0 Å². The zero-order valence-electron chi connectivity index (χ0n) is 13.1. The molecule has 1 heterocycles. The van der Waals surface area contributed by atoms with Gasteiger partial charge in [-0.25, -0.2) is 4.98 Å². The number of Topliss-reactive ketones (excluding diaryl/α,β-unsaturated/α-hetero) is 1. The van der Waals surface area contributed by atoms with Crippen LogP contribution in [0.4, 0.5) is 0 Å². The van der Waals surface area contributed by atoms with Crippen LogP contribution in [-0.2, 0) is 0 Å². The minimum Gasteiger partial charge on any atom is -0.506 e. The molecule has 0 fully saturated rings. The number of carbonyl (C=O) groups excluding carboxylic acids is 1. The van der Waals surface area contributed by atoms with E-state index in [4.69, 9.17) is 9.47 Å². The number of rotatable bonds is 4. The highest BCUT2D eigenvalue weighted by Gasteiger charge is 2.18. The van der Waals surface area contributed by atoms with Crippen molar-refractivity contribution in [1.29, 1.82) is 0 Å². The Hall–Kier alpha value is -3.28. The van der Waals surface area contributed by atoms with Crippen LogP contribution in [0.5, 0.6) is 28.9 Å². The molecule has 0 aliphatic heterocycles. The van der Waals surface area contributed by atoms with Gasteiger partial charge in [0.15, 0.2) is 5.78 Å². The van der Waals surface area contributed by atoms with Crippen LogP contribution in [0.25, 0.3) is 10.9 Å². The molecule has 0 amide bonds. The van der Waals surface area contributed by atoms with E-state index in [0.29, 0.717) is 28.2 Å². The summed E-state index contributed by atoms with van der Waals surface area (Å²) in [5.41, 5.74) is 0.154. The fourth-order valence-corrected chi connectivity index (χ4v) is 2.38. The number of fused-ring (bicyclic) bond motifs is 1. The Morgan fingerprint density at radius 1 is 1.00 bits per heavy atom. The molecule has 1 aromatic heterocycles. The van der Waals surface area contributed by atoms with Gasteiger partial charge in [-0.15, -0.1) is 0 Å². The van der Waals surface area contributed by atoms with Gasteiger partial charge in [0.25, 0.3) is 0 Å². The van der Waals surface area contributed by atoms with E-state index in [2.05, 4.69) is 4.98 Å². The smallest absolute Gasteiger partial charge is 0.226 e. The average molecular weight is 325 g/mol. The molecular weight excluding hydrogens is 310 g/mol. The second-order valence-electron chi connectivity index (χ2n) is 5.17. The predicted octanol–water partition coefficient (Wildman–Crippen LogP) is 3.65. The molecule has 6 heteroatoms. The summed E-state index contributed by atoms with van der Waals surface area (Å²) in [5, 5.41) is 20.4. The van der Waals surface area contributed by atoms with Gasteiger partial charge in [-0.3, -0.25) is 4.79 Å². The van der Waals surface area contributed by atoms with Gasteiger partial charge in [0.2, 0.25) is 5.88 Å². The molecule has 0 saturated heterocycles. The van der Waals surface area contributed by atoms with E-state index in [9.17, 15) is 15.0 Å². The Balaban J connectivity index is 2.02. The summed E-state index contributed by atoms with van der Waals surface area (Å²) in [5.74, 6) is 0.491. The maximum atomic E-state index is 11.6. The number of nitrogens with zero attached hydrogens (tertiary/aromatic N) is 1. The van der Waals surface area contributed by atoms with Crippen molar-refractivity contribution in [2.24, 2.45) is 0 Å². The summed E-state index contributed by atoms with van der Waals surface area (Å²) in [6, 6.07) is 11.8. The molecule has 6 nitrogen and oxygen atoms in total. The molecule has 0 aliphatic carbocycles. The lowest BCUT2D eigenvalue weighted by Gasteiger charge is -2.10. The second-order valence-corrected chi connectivity index (χ2v) is 5.17. The highest BCUT2D eigenvalue weighted by molar-refractivity contribution is 6.04. The van der Waals surface area contributed by atoms with E-state index in [1.807, 2.05) is 0 Å². The number of carbonyl (C=O) groups is 1. The highest BCUT2D eigenvalue weighted by atomic mass is 16.5. The van der Waals surface area contributed by atoms with Gasteiger partial charge in [0.05, 0.1) is 12.6 Å². The topological polar surface area (TPSA) is 88.9 Å². The van der Waals surface area contributed by atoms with Crippen LogP contribution >= 0.6 is 0 Å². The van der Waals surface area contributed by atoms with Crippen molar-refractivity contribution in [3.05, 3.63) is 48.0 Å². The quantitative estimate of drug-likeness (QED) is 0.712. The summed E-state index contributed by atoms with van der Waals surface area (Å²) >= 11 is 0. The van der Waals surface area contributed by atoms with Gasteiger partial charge in [-0.1, -0.05) is 0 Å². The monoisotopic (exact) mass is 325 g/mol. The molecule has 0 aliphatic rings. The highest BCUT2D eigenvalue weighted by Crippen LogP contribution is 2.36. The van der Waals surface area contributed by atoms with Crippen molar-refractivity contribution < 1.29 is 24.5 Å². The summed E-state index contributed by atoms with van der Waals surface area (Å²) in [6.45, 7) is 1.25. The molecule has 0 spiro atoms. The first-order valence-electron chi connectivity index (χ1n) is 7.18. The van der Waals surface area contributed by atoms with Crippen LogP contribution in [0.2, 0.25) is 0 Å². The number of ketones is 1. The van der Waals surface area contributed by atoms with Gasteiger partial charge >= 0.3 is 0 Å². The number of hydrogen-bond donors (Lipinski definition) is 2. The van der Waals surface area contributed by atoms with E-state index in [1.54, 1.807) is 49.6 Å². The lowest BCUT2D eigenvalue weighted by Crippen LogP contribution is -1.97. The van der Waals surface area contributed by atoms with Crippen LogP contribution in [-0.4, -0.2) is 28.1 Å². The molecule has 3 rings (SSSR count). The zero-order chi connectivity index (χ0) is 17.3. The third-order valence-corrected chi connectivity index (χ3v) is 3.56. The molecule has 0 unspecified atom stereocenters. The summed E-state index contributed by atoms with van der Waals surface area (Å²) in [6.07, 6.45) is 0. The molecule has 24 heavy (non-hydrogen) atoms. The average Bonchev–Trinajstić information content (AvgIpc) is 2.56. The van der Waals surface area contributed by atoms with E-state index in [1.165, 1.54) is 6.92 Å². The first kappa shape index (κ1) is 15.6. The maximum Gasteiger partial charge on any atom is 0.226 e. The van der Waals surface area contributed by atoms with Crippen LogP contribution < -0.4 is 9.47 Å². The number of hydrogen-bond acceptors (Lipinski definition) is 6. The molecule has 0 atom stereocenters. The van der Waals surface area contributed by atoms with Crippen molar-refractivity contribution in [3.8, 4) is 28.9 Å². The normalized spacial score (nSPS) is 10.6. The molecule has 2 aromatic carbocycles. The fraction of sp³-hybridized carbons (Fsp3) is 0.111. The van der Waals surface area contributed by atoms with E-state index < -0.39 is 11.7 Å². The minimum absolute atomic E-state index is 0.205. The lowest BCUT2D eigenvalue weighted by molar-refractivity contribution is 0.101. The fourth-order valence-electron chi connectivity index (χ4n) is 2.38. The van der Waals surface area contributed by atoms with Gasteiger partial charge < -0.3 is 19.7 Å². The van der Waals surface area contributed by atoms with Crippen LogP contribution in [0.1, 0.15) is 17.3 Å². The molecule has 0 bridgehead atoms. The molecule has 0 saturated carbocycles. The Kier molecular flexibility index (Phi) is 3.95.